The maximum absolute atomic E-state index is 2.48. The lowest BCUT2D eigenvalue weighted by Gasteiger charge is -2.28. The highest BCUT2D eigenvalue weighted by Gasteiger charge is 2.22. The van der Waals surface area contributed by atoms with Gasteiger partial charge in [-0.15, -0.1) is 11.3 Å². The van der Waals surface area contributed by atoms with Gasteiger partial charge in [-0.25, -0.2) is 0 Å². The monoisotopic (exact) mass is 737 g/mol. The van der Waals surface area contributed by atoms with Gasteiger partial charge in [0.15, 0.2) is 0 Å². The van der Waals surface area contributed by atoms with Crippen molar-refractivity contribution in [3.63, 3.8) is 0 Å². The molecule has 0 amide bonds. The summed E-state index contributed by atoms with van der Waals surface area (Å²) in [5.41, 5.74) is 10.8. The minimum Gasteiger partial charge on any atom is -0.308 e. The Morgan fingerprint density at radius 1 is 0.382 bits per heavy atom. The van der Waals surface area contributed by atoms with Crippen molar-refractivity contribution in [1.29, 1.82) is 0 Å². The fourth-order valence-electron chi connectivity index (χ4n) is 7.67. The van der Waals surface area contributed by atoms with Crippen molar-refractivity contribution >= 4 is 71.1 Å². The Morgan fingerprint density at radius 3 is 1.76 bits per heavy atom. The molecule has 55 heavy (non-hydrogen) atoms. The van der Waals surface area contributed by atoms with Crippen LogP contribution >= 0.6 is 23.1 Å². The van der Waals surface area contributed by atoms with Crippen LogP contribution in [-0.2, 0) is 0 Å². The van der Waals surface area contributed by atoms with Crippen molar-refractivity contribution in [1.82, 2.24) is 0 Å². The van der Waals surface area contributed by atoms with Gasteiger partial charge in [-0.1, -0.05) is 182 Å². The third-order valence-electron chi connectivity index (χ3n) is 10.3. The molecule has 10 aromatic rings. The summed E-state index contributed by atoms with van der Waals surface area (Å²) >= 11 is 3.71. The highest BCUT2D eigenvalue weighted by molar-refractivity contribution is 7.99. The molecule has 9 aromatic carbocycles. The minimum absolute atomic E-state index is 1.12. The Morgan fingerprint density at radius 2 is 0.982 bits per heavy atom. The Kier molecular flexibility index (Phi) is 8.72. The van der Waals surface area contributed by atoms with Gasteiger partial charge in [0, 0.05) is 36.3 Å². The van der Waals surface area contributed by atoms with Crippen molar-refractivity contribution in [3.8, 4) is 33.4 Å². The van der Waals surface area contributed by atoms with Gasteiger partial charge >= 0.3 is 0 Å². The van der Waals surface area contributed by atoms with E-state index in [4.69, 9.17) is 0 Å². The standard InChI is InChI=1S/C52H35NS2/c1-4-15-36(16-5-1)40-23-12-24-43(33-40)54-51-35-42(30-32-45(51)39-19-8-3-9-20-39)53(48-27-13-22-38-21-10-11-25-44(38)48)49-28-14-26-47-46-31-29-41(34-50(46)55-52(47)49)37-17-6-2-7-18-37/h1-35H. The summed E-state index contributed by atoms with van der Waals surface area (Å²) < 4.78 is 2.56. The zero-order chi connectivity index (χ0) is 36.6. The maximum atomic E-state index is 2.48. The van der Waals surface area contributed by atoms with Crippen LogP contribution in [0.3, 0.4) is 0 Å². The van der Waals surface area contributed by atoms with Crippen LogP contribution in [0.1, 0.15) is 0 Å². The van der Waals surface area contributed by atoms with E-state index < -0.39 is 0 Å². The number of thiophene rings is 1. The predicted octanol–water partition coefficient (Wildman–Crippen LogP) is 15.8. The minimum atomic E-state index is 1.12. The lowest BCUT2D eigenvalue weighted by Crippen LogP contribution is -2.11. The van der Waals surface area contributed by atoms with Gasteiger partial charge in [-0.05, 0) is 81.2 Å². The van der Waals surface area contributed by atoms with Gasteiger partial charge in [0.1, 0.15) is 0 Å². The fraction of sp³-hybridized carbons (Fsp3) is 0. The average molecular weight is 738 g/mol. The van der Waals surface area contributed by atoms with E-state index in [9.17, 15) is 0 Å². The summed E-state index contributed by atoms with van der Waals surface area (Å²) in [6.45, 7) is 0. The largest absolute Gasteiger partial charge is 0.308 e. The highest BCUT2D eigenvalue weighted by atomic mass is 32.2. The van der Waals surface area contributed by atoms with Gasteiger partial charge in [0.2, 0.25) is 0 Å². The maximum Gasteiger partial charge on any atom is 0.0640 e. The van der Waals surface area contributed by atoms with Gasteiger partial charge in [-0.3, -0.25) is 0 Å². The molecule has 1 heterocycles. The van der Waals surface area contributed by atoms with Crippen LogP contribution in [0.4, 0.5) is 17.1 Å². The molecule has 0 aliphatic heterocycles. The summed E-state index contributed by atoms with van der Waals surface area (Å²) in [7, 11) is 0. The number of anilines is 3. The van der Waals surface area contributed by atoms with Crippen molar-refractivity contribution in [2.75, 3.05) is 4.90 Å². The molecule has 0 atom stereocenters. The summed E-state index contributed by atoms with van der Waals surface area (Å²) in [5, 5.41) is 4.99. The molecule has 0 radical (unpaired) electrons. The van der Waals surface area contributed by atoms with E-state index in [0.717, 1.165) is 11.4 Å². The molecule has 0 aliphatic carbocycles. The molecule has 1 aromatic heterocycles. The molecule has 0 spiro atoms. The summed E-state index contributed by atoms with van der Waals surface area (Å²) in [4.78, 5) is 4.89. The number of hydrogen-bond donors (Lipinski definition) is 0. The van der Waals surface area contributed by atoms with Crippen LogP contribution < -0.4 is 4.90 Å². The zero-order valence-electron chi connectivity index (χ0n) is 30.0. The van der Waals surface area contributed by atoms with Crippen LogP contribution in [-0.4, -0.2) is 0 Å². The van der Waals surface area contributed by atoms with Gasteiger partial charge in [0.05, 0.1) is 16.1 Å². The Bertz CT molecular complexity index is 2950. The summed E-state index contributed by atoms with van der Waals surface area (Å²) in [5.74, 6) is 0. The smallest absolute Gasteiger partial charge is 0.0640 e. The molecule has 0 aliphatic rings. The van der Waals surface area contributed by atoms with E-state index in [1.165, 1.54) is 79.8 Å². The van der Waals surface area contributed by atoms with Crippen LogP contribution in [0.5, 0.6) is 0 Å². The first-order chi connectivity index (χ1) is 27.3. The summed E-state index contributed by atoms with van der Waals surface area (Å²) in [6.07, 6.45) is 0. The molecule has 1 nitrogen and oxygen atoms in total. The number of rotatable bonds is 8. The third-order valence-corrected chi connectivity index (χ3v) is 12.5. The fourth-order valence-corrected chi connectivity index (χ4v) is 9.98. The molecule has 0 bridgehead atoms. The van der Waals surface area contributed by atoms with Gasteiger partial charge in [0.25, 0.3) is 0 Å². The molecular formula is C52H35NS2. The molecule has 260 valence electrons. The number of benzene rings is 9. The number of fused-ring (bicyclic) bond motifs is 4. The quantitative estimate of drug-likeness (QED) is 0.153. The first-order valence-corrected chi connectivity index (χ1v) is 20.2. The van der Waals surface area contributed by atoms with Crippen LogP contribution in [0.2, 0.25) is 0 Å². The SMILES string of the molecule is c1ccc(-c2cccc(Sc3cc(N(c4cccc5ccccc45)c4cccc5c4sc4cc(-c6ccccc6)ccc45)ccc3-c3ccccc3)c2)cc1. The first-order valence-electron chi connectivity index (χ1n) is 18.6. The number of hydrogen-bond acceptors (Lipinski definition) is 3. The molecule has 0 saturated carbocycles. The predicted molar refractivity (Wildman–Crippen MR) is 238 cm³/mol. The lowest BCUT2D eigenvalue weighted by atomic mass is 10.0. The second-order valence-corrected chi connectivity index (χ2v) is 15.9. The average Bonchev–Trinajstić information content (AvgIpc) is 3.64. The third kappa shape index (κ3) is 6.38. The van der Waals surface area contributed by atoms with Gasteiger partial charge in [-0.2, -0.15) is 0 Å². The van der Waals surface area contributed by atoms with E-state index in [0.29, 0.717) is 0 Å². The first kappa shape index (κ1) is 33.2. The van der Waals surface area contributed by atoms with Gasteiger partial charge < -0.3 is 4.90 Å². The molecule has 0 fully saturated rings. The molecule has 10 rings (SSSR count). The summed E-state index contributed by atoms with van der Waals surface area (Å²) in [6, 6.07) is 77.1. The van der Waals surface area contributed by atoms with Crippen LogP contribution in [0, 0.1) is 0 Å². The van der Waals surface area contributed by atoms with E-state index in [-0.39, 0.29) is 0 Å². The molecule has 0 saturated heterocycles. The number of nitrogens with zero attached hydrogens (tertiary/aromatic N) is 1. The van der Waals surface area contributed by atoms with Crippen LogP contribution in [0.15, 0.2) is 222 Å². The normalized spacial score (nSPS) is 11.3. The van der Waals surface area contributed by atoms with E-state index in [1.807, 2.05) is 23.1 Å². The highest BCUT2D eigenvalue weighted by Crippen LogP contribution is 2.49. The van der Waals surface area contributed by atoms with E-state index >= 15 is 0 Å². The molecular weight excluding hydrogens is 703 g/mol. The lowest BCUT2D eigenvalue weighted by molar-refractivity contribution is 1.28. The second-order valence-electron chi connectivity index (χ2n) is 13.7. The van der Waals surface area contributed by atoms with E-state index in [2.05, 4.69) is 217 Å². The van der Waals surface area contributed by atoms with Crippen molar-refractivity contribution in [3.05, 3.63) is 212 Å². The van der Waals surface area contributed by atoms with Crippen molar-refractivity contribution < 1.29 is 0 Å². The van der Waals surface area contributed by atoms with E-state index in [1.54, 1.807) is 0 Å². The molecule has 0 unspecified atom stereocenters. The van der Waals surface area contributed by atoms with Crippen molar-refractivity contribution in [2.45, 2.75) is 9.79 Å². The zero-order valence-corrected chi connectivity index (χ0v) is 31.6. The second kappa shape index (κ2) is 14.4. The Labute approximate surface area is 329 Å². The van der Waals surface area contributed by atoms with Crippen molar-refractivity contribution in [2.24, 2.45) is 0 Å². The molecule has 3 heteroatoms. The molecule has 0 N–H and O–H groups in total. The van der Waals surface area contributed by atoms with Crippen LogP contribution in [0.25, 0.3) is 64.3 Å². The Balaban J connectivity index is 1.18. The Hall–Kier alpha value is -6.39. The topological polar surface area (TPSA) is 3.24 Å².